The number of hydrogen-bond acceptors (Lipinski definition) is 5. The Morgan fingerprint density at radius 2 is 2.15 bits per heavy atom. The zero-order chi connectivity index (χ0) is 14.9. The largest absolute Gasteiger partial charge is 0.342 e. The quantitative estimate of drug-likeness (QED) is 0.760. The van der Waals surface area contributed by atoms with Gasteiger partial charge >= 0.3 is 0 Å². The van der Waals surface area contributed by atoms with Gasteiger partial charge in [0.2, 0.25) is 5.91 Å². The predicted molar refractivity (Wildman–Crippen MR) is 71.8 cm³/mol. The minimum Gasteiger partial charge on any atom is -0.342 e. The molecule has 1 saturated heterocycles. The number of hydrogen-bond donors (Lipinski definition) is 1. The zero-order valence-corrected chi connectivity index (χ0v) is 12.0. The van der Waals surface area contributed by atoms with E-state index in [0.29, 0.717) is 26.2 Å². The van der Waals surface area contributed by atoms with Gasteiger partial charge in [-0.15, -0.1) is 5.10 Å². The molecule has 110 valence electrons. The van der Waals surface area contributed by atoms with Gasteiger partial charge in [0.1, 0.15) is 5.54 Å². The Balaban J connectivity index is 2.21. The van der Waals surface area contributed by atoms with Gasteiger partial charge in [-0.05, 0) is 13.8 Å². The molecule has 2 amide bonds. The van der Waals surface area contributed by atoms with Gasteiger partial charge in [-0.25, -0.2) is 0 Å². The summed E-state index contributed by atoms with van der Waals surface area (Å²) in [6.07, 6.45) is 1.56. The molecule has 0 spiro atoms. The minimum absolute atomic E-state index is 0.0774. The van der Waals surface area contributed by atoms with Gasteiger partial charge in [0.25, 0.3) is 5.91 Å². The van der Waals surface area contributed by atoms with Crippen LogP contribution in [-0.4, -0.2) is 68.8 Å². The van der Waals surface area contributed by atoms with E-state index in [-0.39, 0.29) is 17.5 Å². The van der Waals surface area contributed by atoms with Crippen molar-refractivity contribution in [1.82, 2.24) is 24.8 Å². The maximum Gasteiger partial charge on any atom is 0.276 e. The molecule has 0 aliphatic carbocycles. The van der Waals surface area contributed by atoms with E-state index in [0.717, 1.165) is 0 Å². The van der Waals surface area contributed by atoms with Crippen LogP contribution in [0.1, 0.15) is 24.3 Å². The van der Waals surface area contributed by atoms with Crippen LogP contribution in [0.2, 0.25) is 0 Å². The highest BCUT2D eigenvalue weighted by molar-refractivity contribution is 5.98. The highest BCUT2D eigenvalue weighted by Crippen LogP contribution is 2.23. The number of likely N-dealkylation sites (N-methyl/N-ethyl adjacent to an activating group) is 1. The van der Waals surface area contributed by atoms with E-state index in [4.69, 9.17) is 5.73 Å². The monoisotopic (exact) mass is 280 g/mol. The third-order valence-corrected chi connectivity index (χ3v) is 3.57. The summed E-state index contributed by atoms with van der Waals surface area (Å²) in [7, 11) is 1.74. The minimum atomic E-state index is -0.873. The van der Waals surface area contributed by atoms with E-state index in [1.165, 1.54) is 4.68 Å². The van der Waals surface area contributed by atoms with Crippen LogP contribution in [0.3, 0.4) is 0 Å². The van der Waals surface area contributed by atoms with Gasteiger partial charge in [-0.3, -0.25) is 14.3 Å². The summed E-state index contributed by atoms with van der Waals surface area (Å²) >= 11 is 0. The molecule has 2 rings (SSSR count). The lowest BCUT2D eigenvalue weighted by molar-refractivity contribution is -0.144. The van der Waals surface area contributed by atoms with Gasteiger partial charge in [0.05, 0.1) is 12.7 Å². The van der Waals surface area contributed by atoms with Crippen molar-refractivity contribution < 1.29 is 9.59 Å². The molecule has 8 heteroatoms. The maximum atomic E-state index is 12.5. The SMILES string of the molecule is CN1CCN(C(=O)c2cn(CCN)nn2)C(C)(C)C1=O. The zero-order valence-electron chi connectivity index (χ0n) is 12.0. The maximum absolute atomic E-state index is 12.5. The van der Waals surface area contributed by atoms with Gasteiger partial charge in [0.15, 0.2) is 5.69 Å². The van der Waals surface area contributed by atoms with E-state index in [1.807, 2.05) is 0 Å². The number of nitrogens with zero attached hydrogens (tertiary/aromatic N) is 5. The Morgan fingerprint density at radius 1 is 1.45 bits per heavy atom. The molecule has 1 aliphatic heterocycles. The van der Waals surface area contributed by atoms with Gasteiger partial charge in [-0.2, -0.15) is 0 Å². The Morgan fingerprint density at radius 3 is 2.80 bits per heavy atom. The Hall–Kier alpha value is -1.96. The summed E-state index contributed by atoms with van der Waals surface area (Å²) in [5.74, 6) is -0.355. The summed E-state index contributed by atoms with van der Waals surface area (Å²) in [5, 5.41) is 7.71. The number of rotatable bonds is 3. The van der Waals surface area contributed by atoms with Gasteiger partial charge in [-0.1, -0.05) is 5.21 Å². The van der Waals surface area contributed by atoms with Crippen molar-refractivity contribution in [2.24, 2.45) is 5.73 Å². The lowest BCUT2D eigenvalue weighted by atomic mass is 9.97. The molecule has 1 aliphatic rings. The van der Waals surface area contributed by atoms with Crippen LogP contribution in [0.4, 0.5) is 0 Å². The van der Waals surface area contributed by atoms with Crippen LogP contribution < -0.4 is 5.73 Å². The van der Waals surface area contributed by atoms with Crippen molar-refractivity contribution in [3.8, 4) is 0 Å². The third kappa shape index (κ3) is 2.38. The molecule has 0 radical (unpaired) electrons. The molecule has 1 aromatic heterocycles. The average molecular weight is 280 g/mol. The first-order chi connectivity index (χ1) is 9.37. The Kier molecular flexibility index (Phi) is 3.76. The number of carbonyl (C=O) groups excluding carboxylic acids is 2. The summed E-state index contributed by atoms with van der Waals surface area (Å²) in [6.45, 7) is 5.42. The smallest absolute Gasteiger partial charge is 0.276 e. The molecule has 2 N–H and O–H groups in total. The molecular weight excluding hydrogens is 260 g/mol. The van der Waals surface area contributed by atoms with E-state index >= 15 is 0 Å². The molecule has 20 heavy (non-hydrogen) atoms. The summed E-state index contributed by atoms with van der Waals surface area (Å²) < 4.78 is 1.53. The summed E-state index contributed by atoms with van der Waals surface area (Å²) in [5.41, 5.74) is 4.80. The highest BCUT2D eigenvalue weighted by Gasteiger charge is 2.43. The fourth-order valence-electron chi connectivity index (χ4n) is 2.35. The normalized spacial score (nSPS) is 18.5. The lowest BCUT2D eigenvalue weighted by Gasteiger charge is -2.44. The van der Waals surface area contributed by atoms with Crippen LogP contribution in [0.25, 0.3) is 0 Å². The second kappa shape index (κ2) is 5.20. The van der Waals surface area contributed by atoms with Crippen molar-refractivity contribution in [3.05, 3.63) is 11.9 Å². The topological polar surface area (TPSA) is 97.3 Å². The molecule has 0 bridgehead atoms. The molecule has 1 fully saturated rings. The summed E-state index contributed by atoms with van der Waals surface area (Å²) in [6, 6.07) is 0. The first kappa shape index (κ1) is 14.4. The van der Waals surface area contributed by atoms with Gasteiger partial charge < -0.3 is 15.5 Å². The average Bonchev–Trinajstić information content (AvgIpc) is 2.85. The Labute approximate surface area is 117 Å². The number of aromatic nitrogens is 3. The number of piperazine rings is 1. The van der Waals surface area contributed by atoms with Crippen molar-refractivity contribution in [2.75, 3.05) is 26.7 Å². The van der Waals surface area contributed by atoms with Crippen LogP contribution >= 0.6 is 0 Å². The lowest BCUT2D eigenvalue weighted by Crippen LogP contribution is -2.63. The van der Waals surface area contributed by atoms with E-state index < -0.39 is 5.54 Å². The van der Waals surface area contributed by atoms with Crippen molar-refractivity contribution >= 4 is 11.8 Å². The molecule has 0 saturated carbocycles. The molecule has 2 heterocycles. The molecule has 1 aromatic rings. The van der Waals surface area contributed by atoms with Crippen LogP contribution in [0.5, 0.6) is 0 Å². The van der Waals surface area contributed by atoms with E-state index in [9.17, 15) is 9.59 Å². The first-order valence-electron chi connectivity index (χ1n) is 6.55. The standard InChI is InChI=1S/C12H20N6O2/c1-12(2)11(20)16(3)6-7-18(12)10(19)9-8-17(5-4-13)15-14-9/h8H,4-7,13H2,1-3H3. The van der Waals surface area contributed by atoms with Crippen LogP contribution in [0, 0.1) is 0 Å². The molecule has 0 unspecified atom stereocenters. The third-order valence-electron chi connectivity index (χ3n) is 3.57. The molecular formula is C12H20N6O2. The fourth-order valence-corrected chi connectivity index (χ4v) is 2.35. The number of nitrogens with two attached hydrogens (primary N) is 1. The Bertz CT molecular complexity index is 524. The van der Waals surface area contributed by atoms with Crippen molar-refractivity contribution in [1.29, 1.82) is 0 Å². The molecule has 8 nitrogen and oxygen atoms in total. The fraction of sp³-hybridized carbons (Fsp3) is 0.667. The highest BCUT2D eigenvalue weighted by atomic mass is 16.2. The molecule has 0 aromatic carbocycles. The van der Waals surface area contributed by atoms with Crippen molar-refractivity contribution in [3.63, 3.8) is 0 Å². The van der Waals surface area contributed by atoms with Gasteiger partial charge in [0, 0.05) is 26.7 Å². The van der Waals surface area contributed by atoms with Crippen LogP contribution in [-0.2, 0) is 11.3 Å². The predicted octanol–water partition coefficient (Wildman–Crippen LogP) is -1.07. The van der Waals surface area contributed by atoms with Crippen LogP contribution in [0.15, 0.2) is 6.20 Å². The second-order valence-corrected chi connectivity index (χ2v) is 5.40. The van der Waals surface area contributed by atoms with E-state index in [2.05, 4.69) is 10.3 Å². The number of carbonyl (C=O) groups is 2. The van der Waals surface area contributed by atoms with E-state index in [1.54, 1.807) is 36.9 Å². The molecule has 0 atom stereocenters. The first-order valence-corrected chi connectivity index (χ1v) is 6.55. The number of amides is 2. The van der Waals surface area contributed by atoms with Crippen molar-refractivity contribution in [2.45, 2.75) is 25.9 Å². The summed E-state index contributed by atoms with van der Waals surface area (Å²) in [4.78, 5) is 27.9. The second-order valence-electron chi connectivity index (χ2n) is 5.40.